The number of hydrogen-bond acceptors (Lipinski definition) is 1. The largest absolute Gasteiger partial charge is 0.508 e. The molecule has 0 aliphatic heterocycles. The van der Waals surface area contributed by atoms with Crippen molar-refractivity contribution in [2.45, 2.75) is 51.4 Å². The van der Waals surface area contributed by atoms with Crippen molar-refractivity contribution in [3.05, 3.63) is 41.4 Å². The molecule has 4 atom stereocenters. The monoisotopic (exact) mass is 270 g/mol. The molecule has 2 saturated carbocycles. The molecule has 1 nitrogen and oxygen atoms in total. The van der Waals surface area contributed by atoms with E-state index in [1.807, 2.05) is 12.1 Å². The molecule has 1 aromatic rings. The Kier molecular flexibility index (Phi) is 2.16. The number of aryl methyl sites for hydroxylation is 1. The predicted molar refractivity (Wildman–Crippen MR) is 81.9 cm³/mol. The molecule has 106 valence electrons. The number of benzene rings is 1. The van der Waals surface area contributed by atoms with Gasteiger partial charge in [-0.1, -0.05) is 25.1 Å². The summed E-state index contributed by atoms with van der Waals surface area (Å²) in [5, 5.41) is 9.72. The summed E-state index contributed by atoms with van der Waals surface area (Å²) in [5.74, 6) is 2.32. The quantitative estimate of drug-likeness (QED) is 0.671. The third kappa shape index (κ3) is 1.55. The molecule has 0 bridgehead atoms. The first-order valence-corrected chi connectivity index (χ1v) is 7.99. The number of phenols is 1. The van der Waals surface area contributed by atoms with E-state index in [-0.39, 0.29) is 11.9 Å². The van der Waals surface area contributed by atoms with Gasteiger partial charge in [0.25, 0.3) is 0 Å². The van der Waals surface area contributed by atoms with Crippen molar-refractivity contribution >= 4 is 0 Å². The van der Waals surface area contributed by atoms with Crippen LogP contribution in [0.4, 0.5) is 0 Å². The lowest BCUT2D eigenvalue weighted by Gasteiger charge is -2.49. The van der Waals surface area contributed by atoms with Gasteiger partial charge >= 0.3 is 0 Å². The number of fused-ring (bicyclic) bond motifs is 5. The molecule has 0 spiro atoms. The molecule has 0 amide bonds. The van der Waals surface area contributed by atoms with E-state index in [1.165, 1.54) is 17.5 Å². The highest BCUT2D eigenvalue weighted by Gasteiger charge is 2.51. The summed E-state index contributed by atoms with van der Waals surface area (Å²) in [6.07, 6.45) is 6.63. The molecule has 20 heavy (non-hydrogen) atoms. The second-order valence-electron chi connectivity index (χ2n) is 7.27. The van der Waals surface area contributed by atoms with Crippen molar-refractivity contribution in [2.24, 2.45) is 17.3 Å². The zero-order valence-corrected chi connectivity index (χ0v) is 12.2. The summed E-state index contributed by atoms with van der Waals surface area (Å²) in [6.45, 7) is 2.38. The third-order valence-electron chi connectivity index (χ3n) is 6.49. The average molecular weight is 270 g/mol. The molecule has 0 unspecified atom stereocenters. The first-order chi connectivity index (χ1) is 10.5. The number of hydrogen-bond donors (Lipinski definition) is 1. The highest BCUT2D eigenvalue weighted by atomic mass is 16.3. The summed E-state index contributed by atoms with van der Waals surface area (Å²) in [4.78, 5) is 0. The Morgan fingerprint density at radius 3 is 3.05 bits per heavy atom. The number of rotatable bonds is 0. The zero-order valence-electron chi connectivity index (χ0n) is 14.2. The van der Waals surface area contributed by atoms with Crippen LogP contribution in [0.25, 0.3) is 0 Å². The minimum atomic E-state index is 0.0737. The third-order valence-corrected chi connectivity index (χ3v) is 6.49. The van der Waals surface area contributed by atoms with Gasteiger partial charge in [0.1, 0.15) is 5.75 Å². The molecule has 1 aromatic carbocycles. The molecule has 3 aliphatic rings. The van der Waals surface area contributed by atoms with E-state index < -0.39 is 0 Å². The van der Waals surface area contributed by atoms with E-state index in [2.05, 4.69) is 13.0 Å². The molecule has 2 fully saturated rings. The minimum Gasteiger partial charge on any atom is -0.508 e. The van der Waals surface area contributed by atoms with Gasteiger partial charge in [0.15, 0.2) is 0 Å². The van der Waals surface area contributed by atoms with Crippen molar-refractivity contribution in [1.29, 1.82) is 0 Å². The normalized spacial score (nSPS) is 40.2. The van der Waals surface area contributed by atoms with Gasteiger partial charge in [-0.05, 0) is 85.0 Å². The van der Waals surface area contributed by atoms with E-state index in [9.17, 15) is 5.11 Å². The van der Waals surface area contributed by atoms with Crippen LogP contribution < -0.4 is 0 Å². The molecular formula is C19H24O. The summed E-state index contributed by atoms with van der Waals surface area (Å²) >= 11 is 0. The highest BCUT2D eigenvalue weighted by Crippen LogP contribution is 2.62. The molecule has 0 saturated heterocycles. The van der Waals surface area contributed by atoms with Gasteiger partial charge in [-0.25, -0.2) is 0 Å². The number of phenolic OH excluding ortho intramolecular Hbond substituents is 1. The Bertz CT molecular complexity index is 647. The lowest BCUT2D eigenvalue weighted by atomic mass is 9.55. The topological polar surface area (TPSA) is 20.2 Å². The Hall–Kier alpha value is -1.24. The van der Waals surface area contributed by atoms with Crippen molar-refractivity contribution < 1.29 is 7.85 Å². The van der Waals surface area contributed by atoms with Gasteiger partial charge < -0.3 is 5.11 Å². The summed E-state index contributed by atoms with van der Waals surface area (Å²) in [5.41, 5.74) is 3.98. The number of aromatic hydroxyl groups is 1. The molecule has 3 aliphatic carbocycles. The van der Waals surface area contributed by atoms with Crippen LogP contribution in [0.1, 0.15) is 58.8 Å². The lowest BCUT2D eigenvalue weighted by molar-refractivity contribution is 0.0816. The molecule has 4 rings (SSSR count). The second kappa shape index (κ2) is 4.13. The van der Waals surface area contributed by atoms with Gasteiger partial charge in [0.05, 0.1) is 2.74 Å². The highest BCUT2D eigenvalue weighted by molar-refractivity contribution is 5.40. The van der Waals surface area contributed by atoms with Gasteiger partial charge in [0.2, 0.25) is 0 Å². The van der Waals surface area contributed by atoms with Crippen LogP contribution in [0, 0.1) is 17.3 Å². The van der Waals surface area contributed by atoms with E-state index >= 15 is 0 Å². The minimum absolute atomic E-state index is 0.0737. The standard InChI is InChI=1S/C19H24O/c1-12-3-8-18-17-6-4-13-11-14(20)5-7-15(13)16(17)9-10-19(12,18)2/h5,7,11,16-18,20H,1,3-4,6,8-10H2,2H3/t16-,17-,18+,19-/m1/s1/i1D2. The average Bonchev–Trinajstić information content (AvgIpc) is 2.84. The Labute approximate surface area is 124 Å². The maximum atomic E-state index is 9.72. The Morgan fingerprint density at radius 1 is 1.30 bits per heavy atom. The molecule has 1 heteroatoms. The molecule has 0 radical (unpaired) electrons. The van der Waals surface area contributed by atoms with Crippen molar-refractivity contribution in [2.75, 3.05) is 0 Å². The van der Waals surface area contributed by atoms with E-state index in [0.717, 1.165) is 37.7 Å². The van der Waals surface area contributed by atoms with Gasteiger partial charge in [-0.3, -0.25) is 0 Å². The SMILES string of the molecule is [2H]C([2H])=C1CC[C@H]2[C@@H]3CCc4cc(O)ccc4[C@H]3CC[C@]12C. The van der Waals surface area contributed by atoms with Crippen molar-refractivity contribution in [1.82, 2.24) is 0 Å². The zero-order chi connectivity index (χ0) is 15.5. The molecule has 0 aromatic heterocycles. The van der Waals surface area contributed by atoms with Gasteiger partial charge in [0, 0.05) is 0 Å². The maximum Gasteiger partial charge on any atom is 0.115 e. The van der Waals surface area contributed by atoms with Crippen LogP contribution in [0.3, 0.4) is 0 Å². The fourth-order valence-electron chi connectivity index (χ4n) is 5.38. The predicted octanol–water partition coefficient (Wildman–Crippen LogP) is 4.80. The molecule has 1 N–H and O–H groups in total. The van der Waals surface area contributed by atoms with Crippen LogP contribution in [-0.4, -0.2) is 5.11 Å². The second-order valence-corrected chi connectivity index (χ2v) is 7.27. The fourth-order valence-corrected chi connectivity index (χ4v) is 5.38. The molecular weight excluding hydrogens is 244 g/mol. The first kappa shape index (κ1) is 10.5. The Morgan fingerprint density at radius 2 is 2.20 bits per heavy atom. The smallest absolute Gasteiger partial charge is 0.115 e. The maximum absolute atomic E-state index is 9.72. The van der Waals surface area contributed by atoms with Crippen LogP contribution in [0.15, 0.2) is 30.3 Å². The number of allylic oxidation sites excluding steroid dienone is 1. The molecule has 0 heterocycles. The van der Waals surface area contributed by atoms with Gasteiger partial charge in [-0.15, -0.1) is 0 Å². The van der Waals surface area contributed by atoms with Crippen LogP contribution in [0.2, 0.25) is 0 Å². The van der Waals surface area contributed by atoms with Gasteiger partial charge in [-0.2, -0.15) is 0 Å². The van der Waals surface area contributed by atoms with E-state index in [0.29, 0.717) is 23.5 Å². The van der Waals surface area contributed by atoms with Crippen molar-refractivity contribution in [3.8, 4) is 5.75 Å². The van der Waals surface area contributed by atoms with Crippen molar-refractivity contribution in [3.63, 3.8) is 0 Å². The summed E-state index contributed by atoms with van der Waals surface area (Å²) in [7, 11) is 0. The van der Waals surface area contributed by atoms with E-state index in [1.54, 1.807) is 0 Å². The summed E-state index contributed by atoms with van der Waals surface area (Å²) < 4.78 is 15.6. The van der Waals surface area contributed by atoms with E-state index in [4.69, 9.17) is 2.74 Å². The fraction of sp³-hybridized carbons (Fsp3) is 0.579. The summed E-state index contributed by atoms with van der Waals surface area (Å²) in [6, 6.07) is 5.92. The van der Waals surface area contributed by atoms with Crippen LogP contribution >= 0.6 is 0 Å². The lowest BCUT2D eigenvalue weighted by Crippen LogP contribution is -2.40. The first-order valence-electron chi connectivity index (χ1n) is 8.99. The Balaban J connectivity index is 1.72. The van der Waals surface area contributed by atoms with Crippen LogP contribution in [-0.2, 0) is 6.42 Å². The van der Waals surface area contributed by atoms with Crippen LogP contribution in [0.5, 0.6) is 5.75 Å².